The number of carbonyl (C=O) groups excluding carboxylic acids is 6. The third-order valence-corrected chi connectivity index (χ3v) is 13.8. The van der Waals surface area contributed by atoms with Crippen LogP contribution < -0.4 is 10.6 Å². The van der Waals surface area contributed by atoms with Gasteiger partial charge >= 0.3 is 7.00 Å². The van der Waals surface area contributed by atoms with E-state index in [0.29, 0.717) is 22.0 Å². The molecule has 0 spiro atoms. The molecule has 0 radical (unpaired) electrons. The molecule has 8 rings (SSSR count). The Bertz CT molecular complexity index is 3840. The highest BCUT2D eigenvalue weighted by atomic mass is 79.9. The monoisotopic (exact) mass is 1310 g/mol. The van der Waals surface area contributed by atoms with E-state index in [2.05, 4.69) is 56.6 Å². The van der Waals surface area contributed by atoms with Gasteiger partial charge in [0.1, 0.15) is 43.6 Å². The minimum atomic E-state index is -1.18. The van der Waals surface area contributed by atoms with Crippen LogP contribution in [0.5, 0.6) is 0 Å². The molecule has 2 N–H and O–H groups in total. The SMILES string of the molecule is C.C#Cc1ccccc1.CC(=O)c1cn(CC(=O)N(CC(=O)NCc2cccc(Cl)c2F)C(C)C)c2ccc(Br)cc12.CC(=O)c1cn(CC(=O)N(CC(=O)NCc2cccc(Cl)c2F)C(C)C)c2ccc(C#Cc3ccccc3)cc12.C[P+](=O)S. The quantitative estimate of drug-likeness (QED) is 0.0376. The molecular formula is C66H67BrCl2F2N6O7PS+. The Balaban J connectivity index is 0.000000309. The van der Waals surface area contributed by atoms with Crippen molar-refractivity contribution in [1.29, 1.82) is 0 Å². The van der Waals surface area contributed by atoms with E-state index < -0.39 is 30.5 Å². The van der Waals surface area contributed by atoms with Crippen molar-refractivity contribution in [2.75, 3.05) is 19.8 Å². The number of benzene rings is 6. The largest absolute Gasteiger partial charge is 0.404 e. The average Bonchev–Trinajstić information content (AvgIpc) is 1.96. The van der Waals surface area contributed by atoms with Gasteiger partial charge in [0.2, 0.25) is 23.6 Å². The summed E-state index contributed by atoms with van der Waals surface area (Å²) in [5.74, 6) is 5.98. The number of amides is 4. The van der Waals surface area contributed by atoms with Crippen molar-refractivity contribution >= 4 is 115 Å². The van der Waals surface area contributed by atoms with Crippen molar-refractivity contribution in [3.8, 4) is 24.2 Å². The lowest BCUT2D eigenvalue weighted by Gasteiger charge is -2.26. The summed E-state index contributed by atoms with van der Waals surface area (Å²) < 4.78 is 41.9. The first kappa shape index (κ1) is 70.6. The van der Waals surface area contributed by atoms with Crippen LogP contribution in [0.4, 0.5) is 8.78 Å². The zero-order valence-corrected chi connectivity index (χ0v) is 52.6. The van der Waals surface area contributed by atoms with Gasteiger partial charge in [-0.25, -0.2) is 8.78 Å². The molecule has 448 valence electrons. The van der Waals surface area contributed by atoms with Crippen LogP contribution in [-0.4, -0.2) is 86.0 Å². The molecule has 1 unspecified atom stereocenters. The van der Waals surface area contributed by atoms with Gasteiger partial charge in [-0.2, -0.15) is 0 Å². The topological polar surface area (TPSA) is 160 Å². The predicted molar refractivity (Wildman–Crippen MR) is 348 cm³/mol. The molecule has 86 heavy (non-hydrogen) atoms. The van der Waals surface area contributed by atoms with E-state index in [1.807, 2.05) is 125 Å². The Morgan fingerprint density at radius 2 is 1.01 bits per heavy atom. The van der Waals surface area contributed by atoms with Gasteiger partial charge in [0.05, 0.1) is 23.1 Å². The summed E-state index contributed by atoms with van der Waals surface area (Å²) in [5.41, 5.74) is 5.57. The van der Waals surface area contributed by atoms with Gasteiger partial charge < -0.3 is 29.6 Å². The lowest BCUT2D eigenvalue weighted by atomic mass is 10.1. The Kier molecular flexibility index (Phi) is 28.2. The van der Waals surface area contributed by atoms with Crippen LogP contribution in [0.3, 0.4) is 0 Å². The van der Waals surface area contributed by atoms with Gasteiger partial charge in [0.25, 0.3) is 0 Å². The van der Waals surface area contributed by atoms with Gasteiger partial charge in [-0.05, 0) is 114 Å². The summed E-state index contributed by atoms with van der Waals surface area (Å²) in [7, 11) is -1.18. The van der Waals surface area contributed by atoms with Crippen LogP contribution in [0, 0.1) is 35.8 Å². The fourth-order valence-electron chi connectivity index (χ4n) is 8.44. The third kappa shape index (κ3) is 21.0. The lowest BCUT2D eigenvalue weighted by molar-refractivity contribution is -0.138. The van der Waals surface area contributed by atoms with E-state index in [0.717, 1.165) is 32.1 Å². The summed E-state index contributed by atoms with van der Waals surface area (Å²) >= 11 is 18.5. The number of nitrogens with one attached hydrogen (secondary N) is 2. The summed E-state index contributed by atoms with van der Waals surface area (Å²) in [6.07, 6.45) is 8.43. The number of aromatic nitrogens is 2. The maximum absolute atomic E-state index is 14.2. The van der Waals surface area contributed by atoms with Crippen LogP contribution >= 0.6 is 58.4 Å². The second kappa shape index (κ2) is 34.3. The number of terminal acetylenes is 1. The first-order valence-corrected chi connectivity index (χ1v) is 30.9. The molecular weight excluding hydrogens is 1240 g/mol. The molecule has 0 aliphatic carbocycles. The van der Waals surface area contributed by atoms with Crippen molar-refractivity contribution in [3.63, 3.8) is 0 Å². The Morgan fingerprint density at radius 3 is 1.41 bits per heavy atom. The number of hydrogen-bond acceptors (Lipinski definition) is 7. The average molecular weight is 1310 g/mol. The minimum Gasteiger partial charge on any atom is -0.350 e. The fourth-order valence-corrected chi connectivity index (χ4v) is 9.19. The molecule has 0 saturated carbocycles. The van der Waals surface area contributed by atoms with E-state index in [-0.39, 0.29) is 103 Å². The number of fused-ring (bicyclic) bond motifs is 2. The molecule has 2 aromatic heterocycles. The number of nitrogens with zero attached hydrogens (tertiary/aromatic N) is 4. The summed E-state index contributed by atoms with van der Waals surface area (Å²) in [4.78, 5) is 79.0. The molecule has 6 aromatic carbocycles. The molecule has 0 aliphatic heterocycles. The van der Waals surface area contributed by atoms with Crippen molar-refractivity contribution in [2.24, 2.45) is 0 Å². The summed E-state index contributed by atoms with van der Waals surface area (Å²) in [5, 5.41) is 6.71. The minimum absolute atomic E-state index is 0. The van der Waals surface area contributed by atoms with Crippen molar-refractivity contribution in [3.05, 3.63) is 211 Å². The highest BCUT2D eigenvalue weighted by molar-refractivity contribution is 9.10. The molecule has 8 aromatic rings. The molecule has 0 saturated heterocycles. The highest BCUT2D eigenvalue weighted by Crippen LogP contribution is 2.27. The predicted octanol–water partition coefficient (Wildman–Crippen LogP) is 14.1. The molecule has 1 atom stereocenters. The van der Waals surface area contributed by atoms with E-state index in [9.17, 15) is 42.1 Å². The Labute approximate surface area is 525 Å². The number of ketones is 2. The smallest absolute Gasteiger partial charge is 0.350 e. The summed E-state index contributed by atoms with van der Waals surface area (Å²) in [6, 6.07) is 38.9. The molecule has 4 amide bonds. The molecule has 2 heterocycles. The Morgan fingerprint density at radius 1 is 0.616 bits per heavy atom. The van der Waals surface area contributed by atoms with Crippen LogP contribution in [0.25, 0.3) is 21.8 Å². The van der Waals surface area contributed by atoms with Gasteiger partial charge in [0.15, 0.2) is 11.6 Å². The first-order valence-electron chi connectivity index (χ1n) is 26.5. The number of carbonyl (C=O) groups is 6. The highest BCUT2D eigenvalue weighted by Gasteiger charge is 2.25. The molecule has 13 nitrogen and oxygen atoms in total. The summed E-state index contributed by atoms with van der Waals surface area (Å²) in [6.45, 7) is 11.2. The van der Waals surface area contributed by atoms with Gasteiger partial charge in [0, 0.05) is 103 Å². The van der Waals surface area contributed by atoms with Crippen molar-refractivity contribution in [1.82, 2.24) is 29.6 Å². The zero-order valence-electron chi connectivity index (χ0n) is 47.8. The van der Waals surface area contributed by atoms with Crippen LogP contribution in [0.15, 0.2) is 150 Å². The van der Waals surface area contributed by atoms with Gasteiger partial charge in [-0.3, -0.25) is 28.8 Å². The second-order valence-electron chi connectivity index (χ2n) is 19.6. The second-order valence-corrected chi connectivity index (χ2v) is 24.0. The first-order chi connectivity index (χ1) is 40.4. The third-order valence-electron chi connectivity index (χ3n) is 12.7. The van der Waals surface area contributed by atoms with Crippen LogP contribution in [0.2, 0.25) is 10.0 Å². The number of Topliss-reactive ketones (excluding diaryl/α,β-unsaturated/α-hetero) is 2. The van der Waals surface area contributed by atoms with Crippen molar-refractivity contribution in [2.45, 2.75) is 87.2 Å². The number of hydrogen-bond donors (Lipinski definition) is 3. The molecule has 20 heteroatoms. The lowest BCUT2D eigenvalue weighted by Crippen LogP contribution is -2.45. The van der Waals surface area contributed by atoms with E-state index >= 15 is 0 Å². The van der Waals surface area contributed by atoms with E-state index in [1.54, 1.807) is 40.3 Å². The zero-order chi connectivity index (χ0) is 62.5. The molecule has 0 aliphatic rings. The maximum Gasteiger partial charge on any atom is 0.404 e. The Hall–Kier alpha value is -7.89. The number of thiol groups is 1. The van der Waals surface area contributed by atoms with Gasteiger partial charge in [-0.1, -0.05) is 130 Å². The van der Waals surface area contributed by atoms with Crippen LogP contribution in [0.1, 0.15) is 97.5 Å². The maximum atomic E-state index is 14.2. The standard InChI is InChI=1S/C32H29ClFN3O3.C24H24BrClFN3O3.C8H6.CH3OPS.CH4/c1-21(2)37(19-30(39)35-17-25-10-7-11-28(33)32(25)34)31(40)20-36-18-27(22(3)38)26-16-24(14-15-29(26)36)13-12-23-8-5-4-6-9-23;1-14(2)30(12-22(32)28-10-16-5-4-6-20(26)24(16)27)23(33)13-29-11-19(15(3)31)18-9-17(25)7-8-21(18)29;1-2-8-6-4-3-5-7-8;1-3(2)4;/h4-11,14-16,18,21H,17,19-20H2,1-3H3,(H,35,39);4-9,11,14H,10,12-13H2,1-3H3,(H,28,32);1,3-7H;1H3;1H4/p+1. The molecule has 0 bridgehead atoms. The van der Waals surface area contributed by atoms with E-state index in [4.69, 9.17) is 29.6 Å². The fraction of sp³-hybridized carbons (Fsp3) is 0.242. The van der Waals surface area contributed by atoms with E-state index in [1.165, 1.54) is 47.9 Å². The normalized spacial score (nSPS) is 10.5. The van der Waals surface area contributed by atoms with Crippen LogP contribution in [-0.2, 0) is 49.9 Å². The molecule has 0 fully saturated rings. The van der Waals surface area contributed by atoms with Gasteiger partial charge in [-0.15, -0.1) is 6.42 Å². The van der Waals surface area contributed by atoms with Crippen molar-refractivity contribution < 1.29 is 42.1 Å². The number of rotatable bonds is 16. The number of halogens is 5.